The predicted molar refractivity (Wildman–Crippen MR) is 86.4 cm³/mol. The lowest BCUT2D eigenvalue weighted by Crippen LogP contribution is -2.39. The molecule has 2 amide bonds. The van der Waals surface area contributed by atoms with E-state index in [1.54, 1.807) is 0 Å². The Kier molecular flexibility index (Phi) is 7.61. The number of urea groups is 1. The summed E-state index contributed by atoms with van der Waals surface area (Å²) in [6, 6.07) is 8.07. The Morgan fingerprint density at radius 1 is 1.29 bits per heavy atom. The lowest BCUT2D eigenvalue weighted by atomic mass is 10.2. The summed E-state index contributed by atoms with van der Waals surface area (Å²) in [7, 11) is 0. The Bertz CT molecular complexity index is 435. The molecular weight excluding hydrogens is 266 g/mol. The second-order valence-corrected chi connectivity index (χ2v) is 5.51. The van der Waals surface area contributed by atoms with Gasteiger partial charge in [-0.3, -0.25) is 0 Å². The summed E-state index contributed by atoms with van der Waals surface area (Å²) < 4.78 is 0. The molecule has 0 radical (unpaired) electrons. The van der Waals surface area contributed by atoms with Gasteiger partial charge in [-0.2, -0.15) is 0 Å². The van der Waals surface area contributed by atoms with Gasteiger partial charge in [0.05, 0.1) is 6.10 Å². The number of carbonyl (C=O) groups excluding carboxylic acids is 1. The highest BCUT2D eigenvalue weighted by molar-refractivity contribution is 5.73. The molecule has 5 heteroatoms. The zero-order chi connectivity index (χ0) is 15.7. The largest absolute Gasteiger partial charge is 0.391 e. The van der Waals surface area contributed by atoms with Gasteiger partial charge in [0.15, 0.2) is 0 Å². The van der Waals surface area contributed by atoms with Crippen LogP contribution in [0.25, 0.3) is 0 Å². The Labute approximate surface area is 127 Å². The topological polar surface area (TPSA) is 73.4 Å². The predicted octanol–water partition coefficient (Wildman–Crippen LogP) is 2.47. The molecule has 1 rings (SSSR count). The Morgan fingerprint density at radius 3 is 2.71 bits per heavy atom. The van der Waals surface area contributed by atoms with Gasteiger partial charge < -0.3 is 21.1 Å². The number of amides is 2. The number of rotatable bonds is 8. The average Bonchev–Trinajstić information content (AvgIpc) is 2.43. The fraction of sp³-hybridized carbons (Fsp3) is 0.562. The number of benzene rings is 1. The molecular formula is C16H27N3O2. The van der Waals surface area contributed by atoms with Crippen LogP contribution in [-0.2, 0) is 6.54 Å². The van der Waals surface area contributed by atoms with E-state index in [9.17, 15) is 9.90 Å². The van der Waals surface area contributed by atoms with Gasteiger partial charge in [0.1, 0.15) is 0 Å². The molecule has 0 saturated carbocycles. The van der Waals surface area contributed by atoms with Crippen LogP contribution in [0.1, 0.15) is 39.2 Å². The first-order chi connectivity index (χ1) is 10.0. The minimum Gasteiger partial charge on any atom is -0.391 e. The molecule has 0 aliphatic heterocycles. The number of anilines is 1. The summed E-state index contributed by atoms with van der Waals surface area (Å²) in [5.41, 5.74) is 2.08. The molecule has 118 valence electrons. The molecule has 0 saturated heterocycles. The van der Waals surface area contributed by atoms with Crippen LogP contribution in [0.15, 0.2) is 24.3 Å². The molecule has 1 unspecified atom stereocenters. The lowest BCUT2D eigenvalue weighted by molar-refractivity contribution is 0.160. The Morgan fingerprint density at radius 2 is 2.05 bits per heavy atom. The van der Waals surface area contributed by atoms with Gasteiger partial charge in [-0.1, -0.05) is 25.5 Å². The second kappa shape index (κ2) is 9.23. The first-order valence-corrected chi connectivity index (χ1v) is 7.56. The van der Waals surface area contributed by atoms with E-state index in [1.807, 2.05) is 31.2 Å². The molecule has 1 aromatic rings. The van der Waals surface area contributed by atoms with Gasteiger partial charge in [-0.15, -0.1) is 0 Å². The maximum atomic E-state index is 11.6. The van der Waals surface area contributed by atoms with Gasteiger partial charge in [-0.05, 0) is 38.0 Å². The van der Waals surface area contributed by atoms with E-state index >= 15 is 0 Å². The van der Waals surface area contributed by atoms with E-state index < -0.39 is 6.10 Å². The van der Waals surface area contributed by atoms with Crippen LogP contribution in [0.3, 0.4) is 0 Å². The van der Waals surface area contributed by atoms with E-state index in [2.05, 4.69) is 29.8 Å². The summed E-state index contributed by atoms with van der Waals surface area (Å²) >= 11 is 0. The maximum Gasteiger partial charge on any atom is 0.315 e. The Balaban J connectivity index is 2.35. The van der Waals surface area contributed by atoms with Crippen LogP contribution >= 0.6 is 0 Å². The zero-order valence-electron chi connectivity index (χ0n) is 13.1. The van der Waals surface area contributed by atoms with Crippen molar-refractivity contribution in [2.75, 3.05) is 11.9 Å². The number of aliphatic hydroxyl groups excluding tert-OH is 1. The first kappa shape index (κ1) is 17.3. The van der Waals surface area contributed by atoms with E-state index in [-0.39, 0.29) is 12.6 Å². The second-order valence-electron chi connectivity index (χ2n) is 5.51. The fourth-order valence-corrected chi connectivity index (χ4v) is 2.00. The van der Waals surface area contributed by atoms with Gasteiger partial charge in [0.25, 0.3) is 0 Å². The Hall–Kier alpha value is -1.75. The van der Waals surface area contributed by atoms with Gasteiger partial charge in [0, 0.05) is 24.8 Å². The van der Waals surface area contributed by atoms with E-state index in [0.717, 1.165) is 17.7 Å². The van der Waals surface area contributed by atoms with E-state index in [0.29, 0.717) is 19.0 Å². The van der Waals surface area contributed by atoms with Crippen molar-refractivity contribution in [2.24, 2.45) is 0 Å². The van der Waals surface area contributed by atoms with Crippen molar-refractivity contribution in [1.82, 2.24) is 10.6 Å². The molecule has 5 nitrogen and oxygen atoms in total. The molecule has 0 heterocycles. The molecule has 21 heavy (non-hydrogen) atoms. The fourth-order valence-electron chi connectivity index (χ4n) is 2.00. The van der Waals surface area contributed by atoms with Crippen molar-refractivity contribution in [3.8, 4) is 0 Å². The average molecular weight is 293 g/mol. The van der Waals surface area contributed by atoms with Gasteiger partial charge >= 0.3 is 6.03 Å². The van der Waals surface area contributed by atoms with Crippen LogP contribution < -0.4 is 16.0 Å². The van der Waals surface area contributed by atoms with E-state index in [1.165, 1.54) is 0 Å². The summed E-state index contributed by atoms with van der Waals surface area (Å²) in [5.74, 6) is 0. The molecule has 0 fully saturated rings. The highest BCUT2D eigenvalue weighted by atomic mass is 16.3. The van der Waals surface area contributed by atoms with E-state index in [4.69, 9.17) is 0 Å². The number of aliphatic hydroxyl groups is 1. The zero-order valence-corrected chi connectivity index (χ0v) is 13.1. The van der Waals surface area contributed by atoms with Crippen molar-refractivity contribution in [1.29, 1.82) is 0 Å². The molecule has 1 aromatic carbocycles. The van der Waals surface area contributed by atoms with Crippen molar-refractivity contribution >= 4 is 11.7 Å². The van der Waals surface area contributed by atoms with Crippen molar-refractivity contribution in [3.63, 3.8) is 0 Å². The summed E-state index contributed by atoms with van der Waals surface area (Å²) in [5, 5.41) is 18.3. The number of hydrogen-bond donors (Lipinski definition) is 4. The van der Waals surface area contributed by atoms with Crippen LogP contribution in [-0.4, -0.2) is 29.8 Å². The molecule has 1 atom stereocenters. The summed E-state index contributed by atoms with van der Waals surface area (Å²) in [6.45, 7) is 6.92. The SMILES string of the molecule is CCCC(O)CNC(=O)NCc1cccc(NC(C)C)c1. The maximum absolute atomic E-state index is 11.6. The standard InChI is InChI=1S/C16H27N3O2/c1-4-6-15(20)11-18-16(21)17-10-13-7-5-8-14(9-13)19-12(2)3/h5,7-9,12,15,19-20H,4,6,10-11H2,1-3H3,(H2,17,18,21). The highest BCUT2D eigenvalue weighted by Crippen LogP contribution is 2.11. The third kappa shape index (κ3) is 7.56. The quantitative estimate of drug-likeness (QED) is 0.595. The van der Waals surface area contributed by atoms with Crippen LogP contribution in [0, 0.1) is 0 Å². The number of nitrogens with one attached hydrogen (secondary N) is 3. The normalized spacial score (nSPS) is 12.0. The summed E-state index contributed by atoms with van der Waals surface area (Å²) in [6.07, 6.45) is 1.13. The molecule has 0 spiro atoms. The summed E-state index contributed by atoms with van der Waals surface area (Å²) in [4.78, 5) is 11.6. The third-order valence-corrected chi connectivity index (χ3v) is 2.96. The van der Waals surface area contributed by atoms with Crippen molar-refractivity contribution in [3.05, 3.63) is 29.8 Å². The molecule has 0 aliphatic carbocycles. The van der Waals surface area contributed by atoms with Crippen LogP contribution in [0.2, 0.25) is 0 Å². The molecule has 0 bridgehead atoms. The van der Waals surface area contributed by atoms with Crippen molar-refractivity contribution < 1.29 is 9.90 Å². The van der Waals surface area contributed by atoms with Gasteiger partial charge in [0.2, 0.25) is 0 Å². The monoisotopic (exact) mass is 293 g/mol. The smallest absolute Gasteiger partial charge is 0.315 e. The minimum atomic E-state index is -0.473. The number of carbonyl (C=O) groups is 1. The first-order valence-electron chi connectivity index (χ1n) is 7.56. The number of hydrogen-bond acceptors (Lipinski definition) is 3. The molecule has 4 N–H and O–H groups in total. The molecule has 0 aliphatic rings. The minimum absolute atomic E-state index is 0.257. The van der Waals surface area contributed by atoms with Gasteiger partial charge in [-0.25, -0.2) is 4.79 Å². The highest BCUT2D eigenvalue weighted by Gasteiger charge is 2.06. The van der Waals surface area contributed by atoms with Crippen molar-refractivity contribution in [2.45, 2.75) is 52.3 Å². The lowest BCUT2D eigenvalue weighted by Gasteiger charge is -2.13. The van der Waals surface area contributed by atoms with Crippen LogP contribution in [0.4, 0.5) is 10.5 Å². The molecule has 0 aromatic heterocycles. The third-order valence-electron chi connectivity index (χ3n) is 2.96. The van der Waals surface area contributed by atoms with Crippen LogP contribution in [0.5, 0.6) is 0 Å².